The van der Waals surface area contributed by atoms with Gasteiger partial charge in [0, 0.05) is 30.2 Å². The van der Waals surface area contributed by atoms with E-state index in [0.717, 1.165) is 44.3 Å². The van der Waals surface area contributed by atoms with Crippen molar-refractivity contribution in [3.8, 4) is 0 Å². The lowest BCUT2D eigenvalue weighted by atomic mass is 9.74. The van der Waals surface area contributed by atoms with E-state index in [0.29, 0.717) is 11.6 Å². The lowest BCUT2D eigenvalue weighted by molar-refractivity contribution is -0.122. The average Bonchev–Trinajstić information content (AvgIpc) is 2.75. The number of nitrogens with zero attached hydrogens (tertiary/aromatic N) is 1. The number of hydrogen-bond donors (Lipinski definition) is 3. The molecule has 1 aliphatic heterocycles. The number of rotatable bonds is 6. The van der Waals surface area contributed by atoms with Crippen LogP contribution in [0.25, 0.3) is 0 Å². The summed E-state index contributed by atoms with van der Waals surface area (Å²) in [5.41, 5.74) is 10.6. The van der Waals surface area contributed by atoms with E-state index in [-0.39, 0.29) is 29.9 Å². The van der Waals surface area contributed by atoms with Crippen LogP contribution in [0.1, 0.15) is 52.7 Å². The first-order chi connectivity index (χ1) is 15.3. The van der Waals surface area contributed by atoms with E-state index in [1.165, 1.54) is 11.1 Å². The zero-order valence-corrected chi connectivity index (χ0v) is 19.1. The van der Waals surface area contributed by atoms with Gasteiger partial charge in [0.2, 0.25) is 5.91 Å². The maximum Gasteiger partial charge on any atom is 0.251 e. The van der Waals surface area contributed by atoms with Gasteiger partial charge in [0.25, 0.3) is 5.91 Å². The lowest BCUT2D eigenvalue weighted by Gasteiger charge is -2.48. The molecule has 4 rings (SSSR count). The van der Waals surface area contributed by atoms with Crippen molar-refractivity contribution in [1.29, 1.82) is 0 Å². The van der Waals surface area contributed by atoms with Crippen LogP contribution in [-0.2, 0) is 10.3 Å². The highest BCUT2D eigenvalue weighted by molar-refractivity contribution is 5.96. The quantitative estimate of drug-likeness (QED) is 0.652. The smallest absolute Gasteiger partial charge is 0.251 e. The number of nitrogens with one attached hydrogen (secondary N) is 2. The minimum absolute atomic E-state index is 0.00104. The van der Waals surface area contributed by atoms with Crippen LogP contribution in [0.3, 0.4) is 0 Å². The summed E-state index contributed by atoms with van der Waals surface area (Å²) in [6, 6.07) is 16.7. The van der Waals surface area contributed by atoms with Gasteiger partial charge in [-0.2, -0.15) is 0 Å². The second kappa shape index (κ2) is 9.43. The first-order valence-corrected chi connectivity index (χ1v) is 11.6. The molecule has 0 unspecified atom stereocenters. The van der Waals surface area contributed by atoms with Crippen molar-refractivity contribution in [3.63, 3.8) is 0 Å². The Labute approximate surface area is 190 Å². The van der Waals surface area contributed by atoms with E-state index in [9.17, 15) is 9.59 Å². The largest absolute Gasteiger partial charge is 0.349 e. The van der Waals surface area contributed by atoms with Crippen molar-refractivity contribution in [2.75, 3.05) is 19.6 Å². The Morgan fingerprint density at radius 3 is 2.38 bits per heavy atom. The number of benzene rings is 2. The molecule has 0 bridgehead atoms. The Kier molecular flexibility index (Phi) is 6.63. The molecule has 170 valence electrons. The monoisotopic (exact) mass is 434 g/mol. The molecule has 2 fully saturated rings. The maximum atomic E-state index is 12.2. The first-order valence-electron chi connectivity index (χ1n) is 11.6. The van der Waals surface area contributed by atoms with Gasteiger partial charge in [-0.25, -0.2) is 0 Å². The molecule has 0 atom stereocenters. The van der Waals surface area contributed by atoms with Gasteiger partial charge < -0.3 is 16.4 Å². The third kappa shape index (κ3) is 5.19. The molecule has 2 amide bonds. The molecule has 0 spiro atoms. The molecule has 4 N–H and O–H groups in total. The highest BCUT2D eigenvalue weighted by atomic mass is 16.2. The molecule has 0 aromatic heterocycles. The van der Waals surface area contributed by atoms with E-state index < -0.39 is 0 Å². The SMILES string of the molecule is Cc1ccc(C2(N)CCC(N3CC(NC(=O)CNC(=O)c4cccc(C)c4)C3)CC2)cc1. The molecule has 1 aliphatic carbocycles. The molecule has 2 aliphatic rings. The summed E-state index contributed by atoms with van der Waals surface area (Å²) in [6.45, 7) is 5.77. The van der Waals surface area contributed by atoms with Crippen LogP contribution in [-0.4, -0.2) is 48.4 Å². The molecule has 0 radical (unpaired) electrons. The predicted molar refractivity (Wildman–Crippen MR) is 126 cm³/mol. The van der Waals surface area contributed by atoms with Gasteiger partial charge in [0.1, 0.15) is 0 Å². The van der Waals surface area contributed by atoms with E-state index in [1.807, 2.05) is 25.1 Å². The van der Waals surface area contributed by atoms with Crippen LogP contribution in [0.2, 0.25) is 0 Å². The van der Waals surface area contributed by atoms with Crippen LogP contribution in [0.5, 0.6) is 0 Å². The topological polar surface area (TPSA) is 87.5 Å². The normalized spacial score (nSPS) is 23.9. The number of nitrogens with two attached hydrogens (primary N) is 1. The fourth-order valence-corrected chi connectivity index (χ4v) is 4.89. The number of carbonyl (C=O) groups excluding carboxylic acids is 2. The Morgan fingerprint density at radius 2 is 1.72 bits per heavy atom. The highest BCUT2D eigenvalue weighted by Gasteiger charge is 2.39. The Bertz CT molecular complexity index is 958. The number of amides is 2. The molecule has 6 heteroatoms. The van der Waals surface area contributed by atoms with Gasteiger partial charge in [0.05, 0.1) is 12.6 Å². The zero-order valence-electron chi connectivity index (χ0n) is 19.1. The minimum atomic E-state index is -0.224. The zero-order chi connectivity index (χ0) is 22.7. The van der Waals surface area contributed by atoms with Crippen molar-refractivity contribution in [2.24, 2.45) is 5.73 Å². The molecule has 1 saturated carbocycles. The Balaban J connectivity index is 1.17. The van der Waals surface area contributed by atoms with Gasteiger partial charge in [-0.15, -0.1) is 0 Å². The van der Waals surface area contributed by atoms with Gasteiger partial charge in [0.15, 0.2) is 0 Å². The summed E-state index contributed by atoms with van der Waals surface area (Å²) in [7, 11) is 0. The van der Waals surface area contributed by atoms with E-state index in [2.05, 4.69) is 46.7 Å². The number of hydrogen-bond acceptors (Lipinski definition) is 4. The van der Waals surface area contributed by atoms with Crippen molar-refractivity contribution in [3.05, 3.63) is 70.8 Å². The molecule has 32 heavy (non-hydrogen) atoms. The fourth-order valence-electron chi connectivity index (χ4n) is 4.89. The minimum Gasteiger partial charge on any atom is -0.349 e. The second-order valence-corrected chi connectivity index (χ2v) is 9.52. The molecular weight excluding hydrogens is 400 g/mol. The summed E-state index contributed by atoms with van der Waals surface area (Å²) in [5.74, 6) is -0.361. The van der Waals surface area contributed by atoms with Crippen LogP contribution in [0.15, 0.2) is 48.5 Å². The summed E-state index contributed by atoms with van der Waals surface area (Å²) in [4.78, 5) is 26.9. The summed E-state index contributed by atoms with van der Waals surface area (Å²) >= 11 is 0. The lowest BCUT2D eigenvalue weighted by Crippen LogP contribution is -2.63. The average molecular weight is 435 g/mol. The third-order valence-electron chi connectivity index (χ3n) is 6.95. The highest BCUT2D eigenvalue weighted by Crippen LogP contribution is 2.37. The third-order valence-corrected chi connectivity index (χ3v) is 6.95. The van der Waals surface area contributed by atoms with E-state index in [4.69, 9.17) is 5.73 Å². The van der Waals surface area contributed by atoms with Crippen LogP contribution in [0.4, 0.5) is 0 Å². The Hall–Kier alpha value is -2.70. The predicted octanol–water partition coefficient (Wildman–Crippen LogP) is 2.63. The molecule has 2 aromatic carbocycles. The molecule has 1 saturated heterocycles. The Morgan fingerprint density at radius 1 is 1.03 bits per heavy atom. The van der Waals surface area contributed by atoms with Crippen molar-refractivity contribution in [2.45, 2.75) is 57.2 Å². The first kappa shape index (κ1) is 22.5. The fraction of sp³-hybridized carbons (Fsp3) is 0.462. The maximum absolute atomic E-state index is 12.2. The van der Waals surface area contributed by atoms with Gasteiger partial charge in [-0.1, -0.05) is 47.5 Å². The van der Waals surface area contributed by atoms with Crippen LogP contribution < -0.4 is 16.4 Å². The van der Waals surface area contributed by atoms with Crippen molar-refractivity contribution < 1.29 is 9.59 Å². The molecule has 2 aromatic rings. The summed E-state index contributed by atoms with van der Waals surface area (Å²) < 4.78 is 0. The van der Waals surface area contributed by atoms with E-state index >= 15 is 0 Å². The summed E-state index contributed by atoms with van der Waals surface area (Å²) in [6.07, 6.45) is 4.13. The van der Waals surface area contributed by atoms with Gasteiger partial charge in [-0.05, 0) is 57.2 Å². The number of carbonyl (C=O) groups is 2. The van der Waals surface area contributed by atoms with Crippen molar-refractivity contribution in [1.82, 2.24) is 15.5 Å². The van der Waals surface area contributed by atoms with Crippen molar-refractivity contribution >= 4 is 11.8 Å². The van der Waals surface area contributed by atoms with Gasteiger partial charge >= 0.3 is 0 Å². The molecule has 6 nitrogen and oxygen atoms in total. The van der Waals surface area contributed by atoms with E-state index in [1.54, 1.807) is 6.07 Å². The molecule has 1 heterocycles. The summed E-state index contributed by atoms with van der Waals surface area (Å²) in [5, 5.41) is 5.73. The van der Waals surface area contributed by atoms with Gasteiger partial charge in [-0.3, -0.25) is 14.5 Å². The number of likely N-dealkylation sites (tertiary alicyclic amines) is 1. The van der Waals surface area contributed by atoms with Crippen LogP contribution in [0, 0.1) is 13.8 Å². The number of aryl methyl sites for hydroxylation is 2. The molecular formula is C26H34N4O2. The second-order valence-electron chi connectivity index (χ2n) is 9.52. The van der Waals surface area contributed by atoms with Crippen LogP contribution >= 0.6 is 0 Å². The standard InChI is InChI=1S/C26H34N4O2/c1-18-6-8-21(9-7-18)26(27)12-10-23(11-13-26)30-16-22(17-30)29-24(31)15-28-25(32)20-5-3-4-19(2)14-20/h3-9,14,22-23H,10-13,15-17,27H2,1-2H3,(H,28,32)(H,29,31).